The Morgan fingerprint density at radius 1 is 1.24 bits per heavy atom. The lowest BCUT2D eigenvalue weighted by atomic mass is 10.1. The molecular weight excluding hydrogens is 271 g/mol. The second-order valence-corrected chi connectivity index (χ2v) is 4.60. The van der Waals surface area contributed by atoms with Gasteiger partial charge in [0.05, 0.1) is 0 Å². The van der Waals surface area contributed by atoms with E-state index in [-0.39, 0.29) is 12.2 Å². The highest BCUT2D eigenvalue weighted by Gasteiger charge is 2.09. The van der Waals surface area contributed by atoms with Gasteiger partial charge in [0.1, 0.15) is 18.2 Å². The zero-order valence-electron chi connectivity index (χ0n) is 11.7. The zero-order chi connectivity index (χ0) is 15.2. The van der Waals surface area contributed by atoms with Gasteiger partial charge in [0.15, 0.2) is 0 Å². The molecule has 2 aromatic carbocycles. The van der Waals surface area contributed by atoms with Crippen molar-refractivity contribution in [3.8, 4) is 5.75 Å². The highest BCUT2D eigenvalue weighted by molar-refractivity contribution is 5.92. The first-order valence-electron chi connectivity index (χ1n) is 6.55. The Kier molecular flexibility index (Phi) is 4.90. The molecule has 21 heavy (non-hydrogen) atoms. The van der Waals surface area contributed by atoms with Gasteiger partial charge < -0.3 is 15.8 Å². The molecule has 2 rings (SSSR count). The van der Waals surface area contributed by atoms with Crippen molar-refractivity contribution in [2.45, 2.75) is 13.2 Å². The molecule has 0 aromatic heterocycles. The fourth-order valence-corrected chi connectivity index (χ4v) is 1.95. The monoisotopic (exact) mass is 288 g/mol. The number of ether oxygens (including phenoxy) is 1. The van der Waals surface area contributed by atoms with Gasteiger partial charge in [0, 0.05) is 23.2 Å². The molecule has 2 aromatic rings. The van der Waals surface area contributed by atoms with Gasteiger partial charge >= 0.3 is 0 Å². The second kappa shape index (κ2) is 6.85. The van der Waals surface area contributed by atoms with Crippen molar-refractivity contribution in [3.63, 3.8) is 0 Å². The number of rotatable bonds is 6. The van der Waals surface area contributed by atoms with E-state index in [1.54, 1.807) is 0 Å². The van der Waals surface area contributed by atoms with Crippen molar-refractivity contribution in [2.75, 3.05) is 7.05 Å². The molecule has 0 fully saturated rings. The van der Waals surface area contributed by atoms with Crippen molar-refractivity contribution in [1.82, 2.24) is 5.32 Å². The average Bonchev–Trinajstić information content (AvgIpc) is 2.47. The summed E-state index contributed by atoms with van der Waals surface area (Å²) in [5.74, 6) is -0.455. The Balaban J connectivity index is 2.11. The van der Waals surface area contributed by atoms with E-state index in [1.165, 1.54) is 12.1 Å². The molecule has 0 saturated heterocycles. The smallest absolute Gasteiger partial charge is 0.248 e. The number of carbonyl (C=O) groups excluding carboxylic acids is 1. The molecule has 0 aliphatic carbocycles. The molecule has 0 saturated carbocycles. The minimum Gasteiger partial charge on any atom is -0.488 e. The van der Waals surface area contributed by atoms with E-state index < -0.39 is 11.7 Å². The lowest BCUT2D eigenvalue weighted by molar-refractivity contribution is 0.0999. The number of para-hydroxylation sites is 1. The summed E-state index contributed by atoms with van der Waals surface area (Å²) in [6, 6.07) is 11.7. The van der Waals surface area contributed by atoms with Gasteiger partial charge in [0.25, 0.3) is 0 Å². The van der Waals surface area contributed by atoms with Crippen LogP contribution >= 0.6 is 0 Å². The molecule has 0 aliphatic rings. The predicted molar refractivity (Wildman–Crippen MR) is 78.5 cm³/mol. The Morgan fingerprint density at radius 2 is 2.00 bits per heavy atom. The minimum absolute atomic E-state index is 0.0889. The van der Waals surface area contributed by atoms with Crippen LogP contribution in [0, 0.1) is 5.82 Å². The van der Waals surface area contributed by atoms with Crippen molar-refractivity contribution < 1.29 is 13.9 Å². The van der Waals surface area contributed by atoms with Gasteiger partial charge in [-0.1, -0.05) is 24.3 Å². The maximum atomic E-state index is 13.9. The molecule has 5 heteroatoms. The fourth-order valence-electron chi connectivity index (χ4n) is 1.95. The third-order valence-corrected chi connectivity index (χ3v) is 3.06. The summed E-state index contributed by atoms with van der Waals surface area (Å²) in [7, 11) is 1.85. The van der Waals surface area contributed by atoms with Crippen LogP contribution in [-0.2, 0) is 13.2 Å². The van der Waals surface area contributed by atoms with Gasteiger partial charge in [0.2, 0.25) is 5.91 Å². The Morgan fingerprint density at radius 3 is 2.67 bits per heavy atom. The Bertz CT molecular complexity index is 644. The first-order valence-corrected chi connectivity index (χ1v) is 6.55. The Hall–Kier alpha value is -2.40. The molecule has 110 valence electrons. The first kappa shape index (κ1) is 15.0. The largest absolute Gasteiger partial charge is 0.488 e. The topological polar surface area (TPSA) is 64.3 Å². The summed E-state index contributed by atoms with van der Waals surface area (Å²) in [5, 5.41) is 3.05. The number of nitrogens with one attached hydrogen (secondary N) is 1. The van der Waals surface area contributed by atoms with Gasteiger partial charge in [-0.25, -0.2) is 4.39 Å². The number of nitrogens with two attached hydrogens (primary N) is 1. The third-order valence-electron chi connectivity index (χ3n) is 3.06. The number of amides is 1. The number of benzene rings is 2. The molecule has 0 aliphatic heterocycles. The zero-order valence-corrected chi connectivity index (χ0v) is 11.7. The van der Waals surface area contributed by atoms with Crippen LogP contribution in [0.2, 0.25) is 0 Å². The van der Waals surface area contributed by atoms with E-state index in [9.17, 15) is 9.18 Å². The number of hydrogen-bond acceptors (Lipinski definition) is 3. The van der Waals surface area contributed by atoms with Crippen LogP contribution in [-0.4, -0.2) is 13.0 Å². The SMILES string of the molecule is CNCc1ccccc1OCc1ccc(C(N)=O)cc1F. The van der Waals surface area contributed by atoms with Crippen LogP contribution in [0.1, 0.15) is 21.5 Å². The van der Waals surface area contributed by atoms with E-state index in [0.717, 1.165) is 11.6 Å². The summed E-state index contributed by atoms with van der Waals surface area (Å²) >= 11 is 0. The number of hydrogen-bond donors (Lipinski definition) is 2. The Labute approximate surface area is 122 Å². The third kappa shape index (κ3) is 3.79. The lowest BCUT2D eigenvalue weighted by Crippen LogP contribution is -2.12. The molecule has 0 unspecified atom stereocenters. The van der Waals surface area contributed by atoms with E-state index in [0.29, 0.717) is 17.9 Å². The molecule has 0 heterocycles. The van der Waals surface area contributed by atoms with Crippen molar-refractivity contribution >= 4 is 5.91 Å². The van der Waals surface area contributed by atoms with Gasteiger partial charge in [-0.05, 0) is 25.2 Å². The van der Waals surface area contributed by atoms with Crippen LogP contribution < -0.4 is 15.8 Å². The van der Waals surface area contributed by atoms with Crippen molar-refractivity contribution in [3.05, 3.63) is 65.0 Å². The van der Waals surface area contributed by atoms with E-state index in [2.05, 4.69) is 5.32 Å². The van der Waals surface area contributed by atoms with Crippen LogP contribution in [0.4, 0.5) is 4.39 Å². The molecular formula is C16H17FN2O2. The molecule has 4 nitrogen and oxygen atoms in total. The standard InChI is InChI=1S/C16H17FN2O2/c1-19-9-12-4-2-3-5-15(12)21-10-13-7-6-11(16(18)20)8-14(13)17/h2-8,19H,9-10H2,1H3,(H2,18,20). The van der Waals surface area contributed by atoms with Gasteiger partial charge in [-0.2, -0.15) is 0 Å². The highest BCUT2D eigenvalue weighted by atomic mass is 19.1. The summed E-state index contributed by atoms with van der Waals surface area (Å²) in [6.07, 6.45) is 0. The molecule has 0 radical (unpaired) electrons. The van der Waals surface area contributed by atoms with E-state index in [1.807, 2.05) is 31.3 Å². The second-order valence-electron chi connectivity index (χ2n) is 4.60. The highest BCUT2D eigenvalue weighted by Crippen LogP contribution is 2.20. The summed E-state index contributed by atoms with van der Waals surface area (Å²) in [4.78, 5) is 11.0. The summed E-state index contributed by atoms with van der Waals surface area (Å²) in [5.41, 5.74) is 6.62. The number of halogens is 1. The van der Waals surface area contributed by atoms with Crippen LogP contribution in [0.3, 0.4) is 0 Å². The fraction of sp³-hybridized carbons (Fsp3) is 0.188. The predicted octanol–water partition coefficient (Wildman–Crippen LogP) is 2.22. The van der Waals surface area contributed by atoms with Crippen LogP contribution in [0.15, 0.2) is 42.5 Å². The van der Waals surface area contributed by atoms with E-state index in [4.69, 9.17) is 10.5 Å². The molecule has 0 spiro atoms. The average molecular weight is 288 g/mol. The quantitative estimate of drug-likeness (QED) is 0.856. The van der Waals surface area contributed by atoms with Gasteiger partial charge in [-0.3, -0.25) is 4.79 Å². The lowest BCUT2D eigenvalue weighted by Gasteiger charge is -2.12. The van der Waals surface area contributed by atoms with E-state index >= 15 is 0 Å². The van der Waals surface area contributed by atoms with Crippen molar-refractivity contribution in [1.29, 1.82) is 0 Å². The van der Waals surface area contributed by atoms with Crippen LogP contribution in [0.25, 0.3) is 0 Å². The maximum absolute atomic E-state index is 13.9. The molecule has 1 amide bonds. The summed E-state index contributed by atoms with van der Waals surface area (Å²) in [6.45, 7) is 0.755. The van der Waals surface area contributed by atoms with Crippen LogP contribution in [0.5, 0.6) is 5.75 Å². The minimum atomic E-state index is -0.652. The maximum Gasteiger partial charge on any atom is 0.248 e. The molecule has 0 atom stereocenters. The number of carbonyl (C=O) groups is 1. The molecule has 0 bridgehead atoms. The first-order chi connectivity index (χ1) is 10.1. The number of primary amides is 1. The van der Waals surface area contributed by atoms with Crippen molar-refractivity contribution in [2.24, 2.45) is 5.73 Å². The summed E-state index contributed by atoms with van der Waals surface area (Å²) < 4.78 is 19.5. The molecule has 3 N–H and O–H groups in total. The van der Waals surface area contributed by atoms with Gasteiger partial charge in [-0.15, -0.1) is 0 Å². The normalized spacial score (nSPS) is 10.4.